The van der Waals surface area contributed by atoms with Crippen molar-refractivity contribution in [1.82, 2.24) is 9.88 Å². The van der Waals surface area contributed by atoms with Gasteiger partial charge in [-0.15, -0.1) is 0 Å². The molecule has 4 rings (SSSR count). The van der Waals surface area contributed by atoms with Crippen LogP contribution in [0.25, 0.3) is 0 Å². The first-order chi connectivity index (χ1) is 15.7. The molecular weight excluding hydrogens is 459 g/mol. The standard InChI is InChI=1S/C26H26Cl2N2O3/c1-26(2,3)33-21-9-11-24(29-14-21)32-16-20-12-17-6-4-5-7-19(17)15-30(20)25(31)18-8-10-22(27)23(28)13-18/h4-11,13-14,20H,12,15-16H2,1-3H3/t20-/m0/s1. The molecule has 33 heavy (non-hydrogen) atoms. The Bertz CT molecular complexity index is 1140. The second kappa shape index (κ2) is 9.62. The van der Waals surface area contributed by atoms with E-state index in [2.05, 4.69) is 17.1 Å². The van der Waals surface area contributed by atoms with E-state index in [1.54, 1.807) is 30.5 Å². The first-order valence-corrected chi connectivity index (χ1v) is 11.6. The Kier molecular flexibility index (Phi) is 6.82. The van der Waals surface area contributed by atoms with Crippen LogP contribution in [-0.4, -0.2) is 34.0 Å². The third-order valence-corrected chi connectivity index (χ3v) is 6.08. The number of benzene rings is 2. The second-order valence-electron chi connectivity index (χ2n) is 9.05. The van der Waals surface area contributed by atoms with Crippen LogP contribution in [0.3, 0.4) is 0 Å². The molecule has 0 spiro atoms. The summed E-state index contributed by atoms with van der Waals surface area (Å²) in [6, 6.07) is 16.6. The van der Waals surface area contributed by atoms with E-state index >= 15 is 0 Å². The van der Waals surface area contributed by atoms with Gasteiger partial charge in [0, 0.05) is 18.2 Å². The van der Waals surface area contributed by atoms with Gasteiger partial charge in [0.2, 0.25) is 5.88 Å². The highest BCUT2D eigenvalue weighted by Gasteiger charge is 2.31. The van der Waals surface area contributed by atoms with Crippen molar-refractivity contribution < 1.29 is 14.3 Å². The number of nitrogens with zero attached hydrogens (tertiary/aromatic N) is 2. The zero-order chi connectivity index (χ0) is 23.6. The highest BCUT2D eigenvalue weighted by Crippen LogP contribution is 2.28. The lowest BCUT2D eigenvalue weighted by Crippen LogP contribution is -2.47. The number of rotatable bonds is 5. The zero-order valence-electron chi connectivity index (χ0n) is 18.8. The molecule has 172 valence electrons. The molecule has 0 fully saturated rings. The minimum Gasteiger partial charge on any atom is -0.487 e. The molecule has 0 aliphatic carbocycles. The Labute approximate surface area is 204 Å². The average molecular weight is 485 g/mol. The Morgan fingerprint density at radius 1 is 1.06 bits per heavy atom. The molecule has 0 saturated heterocycles. The Balaban J connectivity index is 1.52. The molecule has 0 unspecified atom stereocenters. The van der Waals surface area contributed by atoms with Gasteiger partial charge in [-0.1, -0.05) is 47.5 Å². The summed E-state index contributed by atoms with van der Waals surface area (Å²) < 4.78 is 11.8. The maximum Gasteiger partial charge on any atom is 0.254 e. The number of pyridine rings is 1. The molecule has 1 aliphatic rings. The predicted octanol–water partition coefficient (Wildman–Crippen LogP) is 6.21. The zero-order valence-corrected chi connectivity index (χ0v) is 20.4. The van der Waals surface area contributed by atoms with E-state index in [4.69, 9.17) is 32.7 Å². The van der Waals surface area contributed by atoms with Gasteiger partial charge in [0.1, 0.15) is 18.0 Å². The van der Waals surface area contributed by atoms with Gasteiger partial charge in [0.25, 0.3) is 5.91 Å². The van der Waals surface area contributed by atoms with Crippen molar-refractivity contribution in [2.45, 2.75) is 45.4 Å². The van der Waals surface area contributed by atoms with E-state index < -0.39 is 0 Å². The summed E-state index contributed by atoms with van der Waals surface area (Å²) in [5, 5.41) is 0.775. The first kappa shape index (κ1) is 23.4. The van der Waals surface area contributed by atoms with Gasteiger partial charge >= 0.3 is 0 Å². The molecule has 7 heteroatoms. The molecule has 1 atom stereocenters. The maximum absolute atomic E-state index is 13.4. The summed E-state index contributed by atoms with van der Waals surface area (Å²) in [6.45, 7) is 6.76. The number of hydrogen-bond donors (Lipinski definition) is 0. The summed E-state index contributed by atoms with van der Waals surface area (Å²) in [6.07, 6.45) is 2.34. The number of carbonyl (C=O) groups excluding carboxylic acids is 1. The third kappa shape index (κ3) is 5.79. The smallest absolute Gasteiger partial charge is 0.254 e. The normalized spacial score (nSPS) is 15.7. The average Bonchev–Trinajstić information content (AvgIpc) is 2.78. The van der Waals surface area contributed by atoms with Crippen LogP contribution < -0.4 is 9.47 Å². The molecule has 0 radical (unpaired) electrons. The fourth-order valence-electron chi connectivity index (χ4n) is 3.82. The highest BCUT2D eigenvalue weighted by atomic mass is 35.5. The van der Waals surface area contributed by atoms with Crippen LogP contribution in [0.5, 0.6) is 11.6 Å². The topological polar surface area (TPSA) is 51.7 Å². The number of fused-ring (bicyclic) bond motifs is 1. The summed E-state index contributed by atoms with van der Waals surface area (Å²) >= 11 is 12.2. The maximum atomic E-state index is 13.4. The number of ether oxygens (including phenoxy) is 2. The van der Waals surface area contributed by atoms with Crippen LogP contribution in [-0.2, 0) is 13.0 Å². The van der Waals surface area contributed by atoms with E-state index in [9.17, 15) is 4.79 Å². The van der Waals surface area contributed by atoms with Crippen molar-refractivity contribution in [3.05, 3.63) is 87.5 Å². The van der Waals surface area contributed by atoms with Crippen molar-refractivity contribution in [1.29, 1.82) is 0 Å². The molecule has 2 aromatic carbocycles. The fourth-order valence-corrected chi connectivity index (χ4v) is 4.11. The third-order valence-electron chi connectivity index (χ3n) is 5.34. The first-order valence-electron chi connectivity index (χ1n) is 10.8. The molecule has 0 saturated carbocycles. The van der Waals surface area contributed by atoms with Gasteiger partial charge in [-0.25, -0.2) is 4.98 Å². The van der Waals surface area contributed by atoms with Gasteiger partial charge in [-0.05, 0) is 62.6 Å². The van der Waals surface area contributed by atoms with E-state index in [-0.39, 0.29) is 17.6 Å². The molecule has 1 aliphatic heterocycles. The minimum absolute atomic E-state index is 0.112. The molecular formula is C26H26Cl2N2O3. The van der Waals surface area contributed by atoms with Crippen molar-refractivity contribution in [3.8, 4) is 11.6 Å². The van der Waals surface area contributed by atoms with Crippen LogP contribution in [0.2, 0.25) is 10.0 Å². The molecule has 2 heterocycles. The van der Waals surface area contributed by atoms with Crippen molar-refractivity contribution in [3.63, 3.8) is 0 Å². The van der Waals surface area contributed by atoms with Crippen LogP contribution >= 0.6 is 23.2 Å². The number of aromatic nitrogens is 1. The lowest BCUT2D eigenvalue weighted by atomic mass is 9.93. The van der Waals surface area contributed by atoms with Crippen molar-refractivity contribution >= 4 is 29.1 Å². The van der Waals surface area contributed by atoms with Gasteiger partial charge in [0.05, 0.1) is 22.3 Å². The number of halogens is 2. The summed E-state index contributed by atoms with van der Waals surface area (Å²) in [4.78, 5) is 19.6. The fraction of sp³-hybridized carbons (Fsp3) is 0.308. The molecule has 1 aromatic heterocycles. The van der Waals surface area contributed by atoms with Crippen molar-refractivity contribution in [2.75, 3.05) is 6.61 Å². The molecule has 0 bridgehead atoms. The van der Waals surface area contributed by atoms with Gasteiger partial charge < -0.3 is 14.4 Å². The Hall–Kier alpha value is -2.76. The van der Waals surface area contributed by atoms with Crippen LogP contribution in [0.1, 0.15) is 42.3 Å². The molecule has 0 N–H and O–H groups in total. The number of carbonyl (C=O) groups is 1. The van der Waals surface area contributed by atoms with Gasteiger partial charge in [-0.2, -0.15) is 0 Å². The predicted molar refractivity (Wildman–Crippen MR) is 130 cm³/mol. The lowest BCUT2D eigenvalue weighted by molar-refractivity contribution is 0.0562. The highest BCUT2D eigenvalue weighted by molar-refractivity contribution is 6.42. The Morgan fingerprint density at radius 2 is 1.82 bits per heavy atom. The molecule has 1 amide bonds. The van der Waals surface area contributed by atoms with Crippen LogP contribution in [0, 0.1) is 0 Å². The van der Waals surface area contributed by atoms with Crippen molar-refractivity contribution in [2.24, 2.45) is 0 Å². The largest absolute Gasteiger partial charge is 0.487 e. The number of amides is 1. The summed E-state index contributed by atoms with van der Waals surface area (Å²) in [5.74, 6) is 1.05. The van der Waals surface area contributed by atoms with Gasteiger partial charge in [-0.3, -0.25) is 4.79 Å². The number of hydrogen-bond acceptors (Lipinski definition) is 4. The van der Waals surface area contributed by atoms with Crippen LogP contribution in [0.15, 0.2) is 60.8 Å². The summed E-state index contributed by atoms with van der Waals surface area (Å²) in [7, 11) is 0. The Morgan fingerprint density at radius 3 is 2.48 bits per heavy atom. The van der Waals surface area contributed by atoms with Gasteiger partial charge in [0.15, 0.2) is 0 Å². The SMILES string of the molecule is CC(C)(C)Oc1ccc(OC[C@@H]2Cc3ccccc3CN2C(=O)c2ccc(Cl)c(Cl)c2)nc1. The monoisotopic (exact) mass is 484 g/mol. The molecule has 3 aromatic rings. The van der Waals surface area contributed by atoms with E-state index in [1.165, 1.54) is 5.56 Å². The van der Waals surface area contributed by atoms with E-state index in [1.807, 2.05) is 43.9 Å². The quantitative estimate of drug-likeness (QED) is 0.431. The van der Waals surface area contributed by atoms with E-state index in [0.29, 0.717) is 46.8 Å². The lowest BCUT2D eigenvalue weighted by Gasteiger charge is -2.37. The summed E-state index contributed by atoms with van der Waals surface area (Å²) in [5.41, 5.74) is 2.54. The van der Waals surface area contributed by atoms with E-state index in [0.717, 1.165) is 5.56 Å². The molecule has 5 nitrogen and oxygen atoms in total. The van der Waals surface area contributed by atoms with Crippen LogP contribution in [0.4, 0.5) is 0 Å². The minimum atomic E-state index is -0.301. The second-order valence-corrected chi connectivity index (χ2v) is 9.86.